The van der Waals surface area contributed by atoms with Crippen LogP contribution in [0.1, 0.15) is 11.1 Å². The zero-order valence-electron chi connectivity index (χ0n) is 6.75. The highest BCUT2D eigenvalue weighted by molar-refractivity contribution is 5.68. The zero-order chi connectivity index (χ0) is 7.97. The van der Waals surface area contributed by atoms with Crippen molar-refractivity contribution in [3.05, 3.63) is 39.9 Å². The maximum Gasteiger partial charge on any atom is 0.0613 e. The summed E-state index contributed by atoms with van der Waals surface area (Å²) >= 11 is 0. The molecule has 0 saturated carbocycles. The Bertz CT molecular complexity index is 480. The van der Waals surface area contributed by atoms with Crippen LogP contribution in [-0.4, -0.2) is 6.54 Å². The largest absolute Gasteiger partial charge is 0.285 e. The van der Waals surface area contributed by atoms with E-state index < -0.39 is 0 Å². The lowest BCUT2D eigenvalue weighted by Gasteiger charge is -1.97. The van der Waals surface area contributed by atoms with Crippen molar-refractivity contribution in [1.82, 2.24) is 0 Å². The summed E-state index contributed by atoms with van der Waals surface area (Å²) in [4.78, 5) is 4.43. The highest BCUT2D eigenvalue weighted by Crippen LogP contribution is 2.09. The maximum absolute atomic E-state index is 4.43. The number of nitrogens with zero attached hydrogens (tertiary/aromatic N) is 1. The van der Waals surface area contributed by atoms with Crippen LogP contribution in [0.5, 0.6) is 0 Å². The molecule has 2 aliphatic rings. The summed E-state index contributed by atoms with van der Waals surface area (Å²) in [5.41, 5.74) is 2.84. The average molecular weight is 155 g/mol. The van der Waals surface area contributed by atoms with E-state index in [1.165, 1.54) is 21.7 Å². The summed E-state index contributed by atoms with van der Waals surface area (Å²) in [6.07, 6.45) is 7.59. The predicted molar refractivity (Wildman–Crippen MR) is 49.3 cm³/mol. The molecule has 1 heteroatoms. The van der Waals surface area contributed by atoms with Gasteiger partial charge in [-0.05, 0) is 28.8 Å². The van der Waals surface area contributed by atoms with Crippen molar-refractivity contribution in [2.24, 2.45) is 4.99 Å². The Morgan fingerprint density at radius 1 is 1.25 bits per heavy atom. The fraction of sp³-hybridized carbons (Fsp3) is 0.182. The quantitative estimate of drug-likeness (QED) is 0.522. The lowest BCUT2D eigenvalue weighted by atomic mass is 10.1. The van der Waals surface area contributed by atoms with Gasteiger partial charge in [0.05, 0.1) is 5.36 Å². The van der Waals surface area contributed by atoms with Crippen LogP contribution in [0.4, 0.5) is 0 Å². The minimum atomic E-state index is 0.972. The van der Waals surface area contributed by atoms with Crippen LogP contribution in [0.25, 0.3) is 12.2 Å². The summed E-state index contributed by atoms with van der Waals surface area (Å²) in [6, 6.07) is 4.29. The van der Waals surface area contributed by atoms with E-state index in [4.69, 9.17) is 0 Å². The van der Waals surface area contributed by atoms with Crippen LogP contribution in [0.3, 0.4) is 0 Å². The number of hydrogen-bond donors (Lipinski definition) is 0. The van der Waals surface area contributed by atoms with Gasteiger partial charge in [-0.2, -0.15) is 0 Å². The second-order valence-corrected chi connectivity index (χ2v) is 3.22. The van der Waals surface area contributed by atoms with Crippen LogP contribution in [-0.2, 0) is 6.42 Å². The number of rotatable bonds is 0. The number of hydrogen-bond acceptors (Lipinski definition) is 1. The highest BCUT2D eigenvalue weighted by atomic mass is 14.7. The van der Waals surface area contributed by atoms with E-state index >= 15 is 0 Å². The van der Waals surface area contributed by atoms with Gasteiger partial charge < -0.3 is 0 Å². The van der Waals surface area contributed by atoms with Gasteiger partial charge in [0.2, 0.25) is 0 Å². The Balaban J connectivity index is 2.50. The molecule has 1 aromatic rings. The van der Waals surface area contributed by atoms with Gasteiger partial charge in [0.15, 0.2) is 0 Å². The molecule has 0 unspecified atom stereocenters. The third-order valence-corrected chi connectivity index (χ3v) is 2.55. The van der Waals surface area contributed by atoms with Crippen LogP contribution in [0.15, 0.2) is 23.2 Å². The monoisotopic (exact) mass is 155 g/mol. The SMILES string of the molecule is C1=Cc2c3c(ccc2=C1)=NCC3. The summed E-state index contributed by atoms with van der Waals surface area (Å²) in [5, 5.41) is 2.56. The van der Waals surface area contributed by atoms with E-state index in [-0.39, 0.29) is 0 Å². The van der Waals surface area contributed by atoms with E-state index in [0.29, 0.717) is 0 Å². The van der Waals surface area contributed by atoms with Gasteiger partial charge in [-0.3, -0.25) is 4.99 Å². The van der Waals surface area contributed by atoms with E-state index in [9.17, 15) is 0 Å². The average Bonchev–Trinajstić information content (AvgIpc) is 2.71. The van der Waals surface area contributed by atoms with Crippen LogP contribution >= 0.6 is 0 Å². The highest BCUT2D eigenvalue weighted by Gasteiger charge is 2.10. The first-order valence-corrected chi connectivity index (χ1v) is 4.30. The van der Waals surface area contributed by atoms with Crippen LogP contribution in [0, 0.1) is 0 Å². The molecule has 3 rings (SSSR count). The maximum atomic E-state index is 4.43. The van der Waals surface area contributed by atoms with Gasteiger partial charge >= 0.3 is 0 Å². The van der Waals surface area contributed by atoms with E-state index in [0.717, 1.165) is 13.0 Å². The number of allylic oxidation sites excluding steroid dienone is 1. The zero-order valence-corrected chi connectivity index (χ0v) is 6.75. The third-order valence-electron chi connectivity index (χ3n) is 2.55. The fourth-order valence-electron chi connectivity index (χ4n) is 1.96. The lowest BCUT2D eigenvalue weighted by Crippen LogP contribution is -2.14. The topological polar surface area (TPSA) is 12.4 Å². The molecule has 0 saturated heterocycles. The Hall–Kier alpha value is -1.37. The molecule has 12 heavy (non-hydrogen) atoms. The second-order valence-electron chi connectivity index (χ2n) is 3.22. The predicted octanol–water partition coefficient (Wildman–Crippen LogP) is 0.670. The minimum Gasteiger partial charge on any atom is -0.285 e. The van der Waals surface area contributed by atoms with Crippen molar-refractivity contribution >= 4 is 12.2 Å². The number of fused-ring (bicyclic) bond motifs is 3. The summed E-state index contributed by atoms with van der Waals surface area (Å²) in [6.45, 7) is 0.972. The molecule has 1 heterocycles. The van der Waals surface area contributed by atoms with E-state index in [1.54, 1.807) is 0 Å². The molecule has 0 aromatic heterocycles. The van der Waals surface area contributed by atoms with Crippen molar-refractivity contribution in [2.45, 2.75) is 6.42 Å². The smallest absolute Gasteiger partial charge is 0.0613 e. The molecule has 1 aromatic carbocycles. The van der Waals surface area contributed by atoms with Crippen molar-refractivity contribution in [2.75, 3.05) is 6.54 Å². The van der Waals surface area contributed by atoms with Crippen molar-refractivity contribution in [3.63, 3.8) is 0 Å². The van der Waals surface area contributed by atoms with Gasteiger partial charge in [-0.1, -0.05) is 24.3 Å². The van der Waals surface area contributed by atoms with Gasteiger partial charge in [0, 0.05) is 6.54 Å². The molecule has 58 valence electrons. The molecule has 0 amide bonds. The first-order chi connectivity index (χ1) is 5.95. The molecule has 0 atom stereocenters. The first kappa shape index (κ1) is 6.18. The molecule has 0 N–H and O–H groups in total. The molecular weight excluding hydrogens is 146 g/mol. The van der Waals surface area contributed by atoms with Crippen molar-refractivity contribution in [3.8, 4) is 0 Å². The molecule has 0 radical (unpaired) electrons. The van der Waals surface area contributed by atoms with Gasteiger partial charge in [0.1, 0.15) is 0 Å². The van der Waals surface area contributed by atoms with Crippen LogP contribution < -0.4 is 10.6 Å². The van der Waals surface area contributed by atoms with Crippen molar-refractivity contribution < 1.29 is 0 Å². The minimum absolute atomic E-state index is 0.972. The molecular formula is C11H9N. The second kappa shape index (κ2) is 2.07. The Labute approximate surface area is 70.8 Å². The Morgan fingerprint density at radius 2 is 2.25 bits per heavy atom. The van der Waals surface area contributed by atoms with E-state index in [2.05, 4.69) is 35.4 Å². The summed E-state index contributed by atoms with van der Waals surface area (Å²) < 4.78 is 0. The van der Waals surface area contributed by atoms with Gasteiger partial charge in [0.25, 0.3) is 0 Å². The van der Waals surface area contributed by atoms with Crippen LogP contribution in [0.2, 0.25) is 0 Å². The molecule has 1 nitrogen and oxygen atoms in total. The Kier molecular flexibility index (Phi) is 1.06. The van der Waals surface area contributed by atoms with Gasteiger partial charge in [-0.25, -0.2) is 0 Å². The van der Waals surface area contributed by atoms with Gasteiger partial charge in [-0.15, -0.1) is 0 Å². The summed E-state index contributed by atoms with van der Waals surface area (Å²) in [5.74, 6) is 0. The molecule has 1 aliphatic carbocycles. The molecule has 0 fully saturated rings. The normalized spacial score (nSPS) is 16.7. The molecule has 0 spiro atoms. The number of benzene rings is 1. The Morgan fingerprint density at radius 3 is 3.25 bits per heavy atom. The standard InChI is InChI=1S/C11H9N/c1-2-8-4-5-11-10(6-7-12-11)9(8)3-1/h1-5H,6-7H2. The third kappa shape index (κ3) is 0.658. The molecule has 1 aliphatic heterocycles. The first-order valence-electron chi connectivity index (χ1n) is 4.30. The fourth-order valence-corrected chi connectivity index (χ4v) is 1.96. The molecule has 0 bridgehead atoms. The lowest BCUT2D eigenvalue weighted by molar-refractivity contribution is 1.02. The summed E-state index contributed by atoms with van der Waals surface area (Å²) in [7, 11) is 0. The van der Waals surface area contributed by atoms with E-state index in [1.807, 2.05) is 0 Å². The van der Waals surface area contributed by atoms with Crippen molar-refractivity contribution in [1.29, 1.82) is 0 Å².